The smallest absolute Gasteiger partial charge is 0.0700 e. The van der Waals surface area contributed by atoms with Gasteiger partial charge in [0.05, 0.1) is 6.10 Å². The highest BCUT2D eigenvalue weighted by molar-refractivity contribution is 6.30. The van der Waals surface area contributed by atoms with Crippen molar-refractivity contribution in [1.82, 2.24) is 5.32 Å². The molecule has 0 aliphatic carbocycles. The molecule has 1 saturated heterocycles. The summed E-state index contributed by atoms with van der Waals surface area (Å²) in [5.41, 5.74) is 1.23. The molecule has 1 aromatic carbocycles. The normalized spacial score (nSPS) is 26.9. The Kier molecular flexibility index (Phi) is 3.85. The predicted octanol–water partition coefficient (Wildman–Crippen LogP) is 3.17. The molecule has 1 aromatic rings. The second-order valence-corrected chi connectivity index (χ2v) is 4.85. The molecule has 1 heterocycles. The van der Waals surface area contributed by atoms with E-state index in [4.69, 9.17) is 16.3 Å². The molecule has 2 rings (SSSR count). The van der Waals surface area contributed by atoms with Gasteiger partial charge in [0.25, 0.3) is 0 Å². The minimum Gasteiger partial charge on any atom is -0.377 e. The second-order valence-electron chi connectivity index (χ2n) is 4.41. The SMILES string of the molecule is CC1OCCC1N[C@@H](C)c1cccc(Cl)c1. The summed E-state index contributed by atoms with van der Waals surface area (Å²) in [6, 6.07) is 8.77. The number of rotatable bonds is 3. The van der Waals surface area contributed by atoms with Crippen molar-refractivity contribution in [3.8, 4) is 0 Å². The van der Waals surface area contributed by atoms with Gasteiger partial charge >= 0.3 is 0 Å². The molecular formula is C13H18ClNO. The van der Waals surface area contributed by atoms with Crippen LogP contribution < -0.4 is 5.32 Å². The number of nitrogens with one attached hydrogen (secondary N) is 1. The van der Waals surface area contributed by atoms with Crippen molar-refractivity contribution in [3.63, 3.8) is 0 Å². The molecule has 0 radical (unpaired) electrons. The Labute approximate surface area is 102 Å². The van der Waals surface area contributed by atoms with Crippen LogP contribution in [0.1, 0.15) is 31.9 Å². The number of benzene rings is 1. The van der Waals surface area contributed by atoms with E-state index >= 15 is 0 Å². The Morgan fingerprint density at radius 1 is 1.50 bits per heavy atom. The van der Waals surface area contributed by atoms with Gasteiger partial charge in [0.2, 0.25) is 0 Å². The first-order chi connectivity index (χ1) is 7.66. The summed E-state index contributed by atoms with van der Waals surface area (Å²) in [6.45, 7) is 5.15. The van der Waals surface area contributed by atoms with Crippen LogP contribution in [-0.4, -0.2) is 18.8 Å². The van der Waals surface area contributed by atoms with Crippen molar-refractivity contribution in [2.24, 2.45) is 0 Å². The van der Waals surface area contributed by atoms with E-state index in [9.17, 15) is 0 Å². The van der Waals surface area contributed by atoms with Gasteiger partial charge in [0, 0.05) is 23.7 Å². The maximum atomic E-state index is 5.98. The quantitative estimate of drug-likeness (QED) is 0.875. The lowest BCUT2D eigenvalue weighted by Gasteiger charge is -2.22. The van der Waals surface area contributed by atoms with Gasteiger partial charge in [-0.2, -0.15) is 0 Å². The van der Waals surface area contributed by atoms with Crippen molar-refractivity contribution < 1.29 is 4.74 Å². The van der Waals surface area contributed by atoms with E-state index in [1.54, 1.807) is 0 Å². The summed E-state index contributed by atoms with van der Waals surface area (Å²) < 4.78 is 5.54. The Hall–Kier alpha value is -0.570. The molecule has 3 heteroatoms. The molecule has 88 valence electrons. The zero-order valence-corrected chi connectivity index (χ0v) is 10.5. The molecule has 1 N–H and O–H groups in total. The van der Waals surface area contributed by atoms with Crippen LogP contribution in [0, 0.1) is 0 Å². The summed E-state index contributed by atoms with van der Waals surface area (Å²) in [6.07, 6.45) is 1.40. The van der Waals surface area contributed by atoms with Gasteiger partial charge in [0.15, 0.2) is 0 Å². The molecular weight excluding hydrogens is 222 g/mol. The van der Waals surface area contributed by atoms with Crippen LogP contribution in [0.3, 0.4) is 0 Å². The lowest BCUT2D eigenvalue weighted by atomic mass is 10.1. The molecule has 3 atom stereocenters. The third-order valence-corrected chi connectivity index (χ3v) is 3.42. The van der Waals surface area contributed by atoms with E-state index in [0.29, 0.717) is 18.2 Å². The maximum absolute atomic E-state index is 5.98. The molecule has 0 spiro atoms. The Morgan fingerprint density at radius 3 is 2.94 bits per heavy atom. The largest absolute Gasteiger partial charge is 0.377 e. The lowest BCUT2D eigenvalue weighted by Crippen LogP contribution is -2.36. The van der Waals surface area contributed by atoms with Crippen LogP contribution in [0.4, 0.5) is 0 Å². The standard InChI is InChI=1S/C13H18ClNO/c1-9(11-4-3-5-12(14)8-11)15-13-6-7-16-10(13)2/h3-5,8-10,13,15H,6-7H2,1-2H3/t9-,10?,13?/m0/s1. The summed E-state index contributed by atoms with van der Waals surface area (Å²) in [7, 11) is 0. The highest BCUT2D eigenvalue weighted by Gasteiger charge is 2.25. The Bertz CT molecular complexity index is 356. The highest BCUT2D eigenvalue weighted by Crippen LogP contribution is 2.21. The van der Waals surface area contributed by atoms with Crippen molar-refractivity contribution in [2.45, 2.75) is 38.5 Å². The minimum atomic E-state index is 0.307. The number of hydrogen-bond acceptors (Lipinski definition) is 2. The summed E-state index contributed by atoms with van der Waals surface area (Å²) in [5, 5.41) is 4.38. The van der Waals surface area contributed by atoms with E-state index in [1.807, 2.05) is 18.2 Å². The van der Waals surface area contributed by atoms with Crippen LogP contribution >= 0.6 is 11.6 Å². The van der Waals surface area contributed by atoms with Gasteiger partial charge in [-0.05, 0) is 38.0 Å². The van der Waals surface area contributed by atoms with E-state index < -0.39 is 0 Å². The predicted molar refractivity (Wildman–Crippen MR) is 66.8 cm³/mol. The van der Waals surface area contributed by atoms with E-state index in [2.05, 4.69) is 25.2 Å². The molecule has 1 aliphatic rings. The molecule has 0 amide bonds. The van der Waals surface area contributed by atoms with Crippen molar-refractivity contribution >= 4 is 11.6 Å². The average molecular weight is 240 g/mol. The van der Waals surface area contributed by atoms with Crippen LogP contribution in [-0.2, 0) is 4.74 Å². The van der Waals surface area contributed by atoms with Gasteiger partial charge in [-0.15, -0.1) is 0 Å². The van der Waals surface area contributed by atoms with Crippen LogP contribution in [0.15, 0.2) is 24.3 Å². The average Bonchev–Trinajstić information content (AvgIpc) is 2.64. The molecule has 1 fully saturated rings. The minimum absolute atomic E-state index is 0.307. The van der Waals surface area contributed by atoms with Gasteiger partial charge in [0.1, 0.15) is 0 Å². The van der Waals surface area contributed by atoms with Crippen molar-refractivity contribution in [3.05, 3.63) is 34.9 Å². The van der Waals surface area contributed by atoms with E-state index in [-0.39, 0.29) is 0 Å². The van der Waals surface area contributed by atoms with Crippen molar-refractivity contribution in [1.29, 1.82) is 0 Å². The van der Waals surface area contributed by atoms with Crippen molar-refractivity contribution in [2.75, 3.05) is 6.61 Å². The number of hydrogen-bond donors (Lipinski definition) is 1. The molecule has 0 aromatic heterocycles. The molecule has 0 bridgehead atoms. The summed E-state index contributed by atoms with van der Waals surface area (Å²) >= 11 is 5.98. The van der Waals surface area contributed by atoms with Gasteiger partial charge in [-0.1, -0.05) is 23.7 Å². The third-order valence-electron chi connectivity index (χ3n) is 3.19. The molecule has 0 saturated carbocycles. The topological polar surface area (TPSA) is 21.3 Å². The van der Waals surface area contributed by atoms with Crippen LogP contribution in [0.2, 0.25) is 5.02 Å². The zero-order chi connectivity index (χ0) is 11.5. The zero-order valence-electron chi connectivity index (χ0n) is 9.74. The van der Waals surface area contributed by atoms with Gasteiger partial charge in [-0.25, -0.2) is 0 Å². The first-order valence-electron chi connectivity index (χ1n) is 5.80. The first-order valence-corrected chi connectivity index (χ1v) is 6.17. The Balaban J connectivity index is 1.99. The number of ether oxygens (including phenoxy) is 1. The fourth-order valence-corrected chi connectivity index (χ4v) is 2.34. The number of halogens is 1. The van der Waals surface area contributed by atoms with Gasteiger partial charge in [-0.3, -0.25) is 0 Å². The maximum Gasteiger partial charge on any atom is 0.0700 e. The van der Waals surface area contributed by atoms with Crippen LogP contribution in [0.25, 0.3) is 0 Å². The highest BCUT2D eigenvalue weighted by atomic mass is 35.5. The third kappa shape index (κ3) is 2.76. The molecule has 2 unspecified atom stereocenters. The fraction of sp³-hybridized carbons (Fsp3) is 0.538. The monoisotopic (exact) mass is 239 g/mol. The Morgan fingerprint density at radius 2 is 2.31 bits per heavy atom. The summed E-state index contributed by atoms with van der Waals surface area (Å²) in [5.74, 6) is 0. The van der Waals surface area contributed by atoms with Crippen LogP contribution in [0.5, 0.6) is 0 Å². The van der Waals surface area contributed by atoms with E-state index in [0.717, 1.165) is 18.1 Å². The molecule has 1 aliphatic heterocycles. The summed E-state index contributed by atoms with van der Waals surface area (Å²) in [4.78, 5) is 0. The fourth-order valence-electron chi connectivity index (χ4n) is 2.14. The molecule has 2 nitrogen and oxygen atoms in total. The first kappa shape index (κ1) is 11.9. The van der Waals surface area contributed by atoms with E-state index in [1.165, 1.54) is 5.56 Å². The van der Waals surface area contributed by atoms with Gasteiger partial charge < -0.3 is 10.1 Å². The molecule has 16 heavy (non-hydrogen) atoms. The second kappa shape index (κ2) is 5.17. The lowest BCUT2D eigenvalue weighted by molar-refractivity contribution is 0.111.